The summed E-state index contributed by atoms with van der Waals surface area (Å²) in [6, 6.07) is 94.0. The highest BCUT2D eigenvalue weighted by molar-refractivity contribution is 8.76. The van der Waals surface area contributed by atoms with Gasteiger partial charge in [0.05, 0.1) is 56.7 Å². The van der Waals surface area contributed by atoms with Crippen molar-refractivity contribution >= 4 is 126 Å². The van der Waals surface area contributed by atoms with Crippen LogP contribution in [0.1, 0.15) is 66.3 Å². The molecule has 0 saturated carbocycles. The zero-order valence-corrected chi connectivity index (χ0v) is 59.6. The van der Waals surface area contributed by atoms with E-state index in [1.165, 1.54) is 0 Å². The van der Waals surface area contributed by atoms with E-state index in [9.17, 15) is 9.59 Å². The zero-order chi connectivity index (χ0) is 72.0. The lowest BCUT2D eigenvalue weighted by atomic mass is 10.0. The smallest absolute Gasteiger partial charge is 0.338 e. The van der Waals surface area contributed by atoms with Gasteiger partial charge in [0.1, 0.15) is 12.2 Å². The number of hydrogen-bond donors (Lipinski definition) is 4. The predicted octanol–water partition coefficient (Wildman–Crippen LogP) is 23.1. The van der Waals surface area contributed by atoms with Crippen LogP contribution in [0.5, 0.6) is 0 Å². The summed E-state index contributed by atoms with van der Waals surface area (Å²) in [5.41, 5.74) is 29.2. The van der Waals surface area contributed by atoms with Gasteiger partial charge in [0, 0.05) is 100 Å². The number of carbonyl (C=O) groups excluding carboxylic acids is 2. The Morgan fingerprint density at radius 1 is 0.241 bits per heavy atom. The molecule has 6 aromatic heterocycles. The molecule has 1 fully saturated rings. The first-order chi connectivity index (χ1) is 53.3. The fraction of sp³-hybridized carbons (Fsp3) is 0.0426. The molecule has 2 atom stereocenters. The van der Waals surface area contributed by atoms with Gasteiger partial charge in [-0.3, -0.25) is 0 Å². The molecule has 11 heterocycles. The van der Waals surface area contributed by atoms with Crippen LogP contribution in [0.2, 0.25) is 0 Å². The Bertz CT molecular complexity index is 5920. The fourth-order valence-corrected chi connectivity index (χ4v) is 17.5. The Morgan fingerprint density at radius 2 is 0.417 bits per heavy atom. The van der Waals surface area contributed by atoms with Crippen molar-refractivity contribution in [1.82, 2.24) is 39.9 Å². The average Bonchev–Trinajstić information content (AvgIpc) is 1.66. The van der Waals surface area contributed by atoms with Crippen LogP contribution in [-0.4, -0.2) is 75.5 Å². The number of nitrogens with zero attached hydrogens (tertiary/aromatic N) is 4. The maximum atomic E-state index is 14.5. The van der Waals surface area contributed by atoms with Crippen molar-refractivity contribution in [2.45, 2.75) is 12.2 Å². The number of rotatable bonds is 12. The molecule has 5 aliphatic rings. The summed E-state index contributed by atoms with van der Waals surface area (Å²) in [6.45, 7) is 0. The quantitative estimate of drug-likeness (QED) is 0.0683. The van der Waals surface area contributed by atoms with Crippen LogP contribution < -0.4 is 0 Å². The molecule has 8 aromatic carbocycles. The minimum absolute atomic E-state index is 0.350. The fourth-order valence-electron chi connectivity index (χ4n) is 15.1. The van der Waals surface area contributed by atoms with Crippen LogP contribution in [0, 0.1) is 0 Å². The molecular formula is C94H64N8O4S2. The molecule has 108 heavy (non-hydrogen) atoms. The van der Waals surface area contributed by atoms with Crippen molar-refractivity contribution in [3.63, 3.8) is 0 Å². The molecule has 0 unspecified atom stereocenters. The van der Waals surface area contributed by atoms with Gasteiger partial charge < -0.3 is 29.4 Å². The summed E-state index contributed by atoms with van der Waals surface area (Å²) in [5, 5.41) is 0. The van der Waals surface area contributed by atoms with Gasteiger partial charge >= 0.3 is 11.9 Å². The highest BCUT2D eigenvalue weighted by atomic mass is 33.1. The second-order valence-corrected chi connectivity index (χ2v) is 29.4. The largest absolute Gasteiger partial charge is 0.454 e. The molecule has 0 amide bonds. The van der Waals surface area contributed by atoms with E-state index < -0.39 is 24.1 Å². The lowest BCUT2D eigenvalue weighted by Crippen LogP contribution is -2.40. The lowest BCUT2D eigenvalue weighted by Gasteiger charge is -2.29. The molecule has 19 rings (SSSR count). The number of carbonyl (C=O) groups is 2. The molecule has 516 valence electrons. The third-order valence-electron chi connectivity index (χ3n) is 20.2. The van der Waals surface area contributed by atoms with Crippen molar-refractivity contribution < 1.29 is 19.1 Å². The number of esters is 2. The number of aromatic amines is 4. The SMILES string of the molecule is O=C(O[C@@H]1CSSC[C@H]1OC(=O)c1ccc(-c2c3nc(c(-c4ccccc4)c4ccc([nH]4)c(-c4ccccc4)c4nc(c(-c5ccccc5)c5ccc2[nH]5)C=C4)C=C3)cc1)c1ccc(-c2c3nc(c(-c4ccccc4)c4ccc([nH]4)c(-c4ccccc4)c4nc(c(-c5ccccc5)c5ccc2[nH]5)C=C4)C=C3)cc1. The Kier molecular flexibility index (Phi) is 17.1. The summed E-state index contributed by atoms with van der Waals surface area (Å²) in [5.74, 6) is -0.211. The molecule has 5 aliphatic heterocycles. The molecule has 14 aromatic rings. The van der Waals surface area contributed by atoms with Crippen molar-refractivity contribution in [3.8, 4) is 89.0 Å². The van der Waals surface area contributed by atoms with Crippen LogP contribution in [0.3, 0.4) is 0 Å². The Morgan fingerprint density at radius 3 is 0.602 bits per heavy atom. The summed E-state index contributed by atoms with van der Waals surface area (Å²) >= 11 is 0. The van der Waals surface area contributed by atoms with E-state index in [2.05, 4.69) is 214 Å². The Hall–Kier alpha value is -13.4. The number of nitrogens with one attached hydrogen (secondary N) is 4. The van der Waals surface area contributed by atoms with Crippen LogP contribution >= 0.6 is 21.6 Å². The van der Waals surface area contributed by atoms with E-state index in [0.29, 0.717) is 22.6 Å². The Labute approximate surface area is 629 Å². The predicted molar refractivity (Wildman–Crippen MR) is 445 cm³/mol. The molecule has 12 nitrogen and oxygen atoms in total. The maximum Gasteiger partial charge on any atom is 0.338 e. The van der Waals surface area contributed by atoms with Crippen LogP contribution in [0.15, 0.2) is 279 Å². The summed E-state index contributed by atoms with van der Waals surface area (Å²) in [4.78, 5) is 66.2. The normalized spacial score (nSPS) is 14.3. The molecule has 14 heteroatoms. The molecule has 16 bridgehead atoms. The summed E-state index contributed by atoms with van der Waals surface area (Å²) < 4.78 is 12.7. The lowest BCUT2D eigenvalue weighted by molar-refractivity contribution is -0.0212. The van der Waals surface area contributed by atoms with Gasteiger partial charge in [-0.05, 0) is 166 Å². The van der Waals surface area contributed by atoms with Crippen molar-refractivity contribution in [3.05, 3.63) is 336 Å². The molecule has 0 radical (unpaired) electrons. The van der Waals surface area contributed by atoms with E-state index in [0.717, 1.165) is 179 Å². The number of benzene rings is 8. The number of H-pyrrole nitrogens is 4. The average molecular weight is 1430 g/mol. The maximum absolute atomic E-state index is 14.5. The number of aromatic nitrogens is 8. The molecule has 1 saturated heterocycles. The summed E-state index contributed by atoms with van der Waals surface area (Å²) in [6.07, 6.45) is 15.2. The number of fused-ring (bicyclic) bond motifs is 16. The monoisotopic (exact) mass is 1430 g/mol. The minimum Gasteiger partial charge on any atom is -0.454 e. The second-order valence-electron chi connectivity index (χ2n) is 26.8. The van der Waals surface area contributed by atoms with Crippen LogP contribution in [0.25, 0.3) is 182 Å². The van der Waals surface area contributed by atoms with Crippen LogP contribution in [0.4, 0.5) is 0 Å². The van der Waals surface area contributed by atoms with Gasteiger partial charge in [-0.2, -0.15) is 0 Å². The van der Waals surface area contributed by atoms with E-state index in [4.69, 9.17) is 29.4 Å². The van der Waals surface area contributed by atoms with Crippen molar-refractivity contribution in [1.29, 1.82) is 0 Å². The molecule has 0 aliphatic carbocycles. The first kappa shape index (κ1) is 65.4. The highest BCUT2D eigenvalue weighted by Gasteiger charge is 2.34. The Balaban J connectivity index is 0.652. The second kappa shape index (κ2) is 28.2. The standard InChI is InChI=1S/C94H64N8O4S2/c103-93(65-35-31-63(32-36-65)91-79-51-47-75(99-79)87(59-23-11-3-12-24-59)71-43-39-67(95-71)85(57-19-7-1-8-20-57)68-40-44-72(96-68)88(60-25-13-4-14-26-60)76-48-52-80(91)100-76)105-83-55-107-108-56-84(83)106-94(104)66-37-33-64(34-38-66)92-81-53-49-77(101-81)89(61-27-15-5-16-28-61)73-45-41-69(97-73)86(58-21-9-2-10-22-58)70-42-46-74(98-70)90(62-29-17-6-18-30-62)78-50-54-82(92)102-78/h1-54,83-84,95,97,100,102H,55-56H2/t83-,84-/m1/s1. The van der Waals surface area contributed by atoms with Gasteiger partial charge in [0.2, 0.25) is 0 Å². The van der Waals surface area contributed by atoms with E-state index in [1.807, 2.05) is 109 Å². The number of ether oxygens (including phenoxy) is 2. The van der Waals surface area contributed by atoms with E-state index in [1.54, 1.807) is 45.9 Å². The van der Waals surface area contributed by atoms with E-state index >= 15 is 0 Å². The van der Waals surface area contributed by atoms with Gasteiger partial charge in [-0.15, -0.1) is 0 Å². The van der Waals surface area contributed by atoms with Gasteiger partial charge in [-0.1, -0.05) is 228 Å². The third kappa shape index (κ3) is 12.5. The van der Waals surface area contributed by atoms with Gasteiger partial charge in [0.15, 0.2) is 0 Å². The van der Waals surface area contributed by atoms with Crippen molar-refractivity contribution in [2.75, 3.05) is 11.5 Å². The highest BCUT2D eigenvalue weighted by Crippen LogP contribution is 2.43. The van der Waals surface area contributed by atoms with E-state index in [-0.39, 0.29) is 0 Å². The first-order valence-electron chi connectivity index (χ1n) is 35.9. The summed E-state index contributed by atoms with van der Waals surface area (Å²) in [7, 11) is 3.16. The third-order valence-corrected chi connectivity index (χ3v) is 22.6. The number of hydrogen-bond acceptors (Lipinski definition) is 10. The molecule has 0 spiro atoms. The van der Waals surface area contributed by atoms with Gasteiger partial charge in [0.25, 0.3) is 0 Å². The van der Waals surface area contributed by atoms with Gasteiger partial charge in [-0.25, -0.2) is 29.5 Å². The molecule has 4 N–H and O–H groups in total. The van der Waals surface area contributed by atoms with Crippen LogP contribution in [-0.2, 0) is 9.47 Å². The zero-order valence-electron chi connectivity index (χ0n) is 58.0. The molecular weight excluding hydrogens is 1370 g/mol. The topological polar surface area (TPSA) is 167 Å². The first-order valence-corrected chi connectivity index (χ1v) is 38.4. The minimum atomic E-state index is -0.726. The van der Waals surface area contributed by atoms with Crippen molar-refractivity contribution in [2.24, 2.45) is 0 Å².